The lowest BCUT2D eigenvalue weighted by molar-refractivity contribution is -0.150. The van der Waals surface area contributed by atoms with Crippen molar-refractivity contribution in [2.45, 2.75) is 16.3 Å². The van der Waals surface area contributed by atoms with Crippen molar-refractivity contribution in [2.24, 2.45) is 0 Å². The number of hydrogen-bond acceptors (Lipinski definition) is 8. The highest BCUT2D eigenvalue weighted by Crippen LogP contribution is 2.44. The maximum atomic E-state index is 12.9. The van der Waals surface area contributed by atoms with E-state index in [1.807, 2.05) is 36.4 Å². The van der Waals surface area contributed by atoms with Gasteiger partial charge in [-0.1, -0.05) is 36.0 Å². The van der Waals surface area contributed by atoms with E-state index in [-0.39, 0.29) is 23.1 Å². The monoisotopic (exact) mass is 520 g/mol. The molecule has 2 aliphatic heterocycles. The molecule has 2 aliphatic rings. The Morgan fingerprint density at radius 3 is 2.69 bits per heavy atom. The summed E-state index contributed by atoms with van der Waals surface area (Å²) in [6.07, 6.45) is 1.63. The van der Waals surface area contributed by atoms with E-state index < -0.39 is 23.3 Å². The van der Waals surface area contributed by atoms with Gasteiger partial charge in [0.25, 0.3) is 5.91 Å². The van der Waals surface area contributed by atoms with Crippen molar-refractivity contribution in [2.75, 3.05) is 11.5 Å². The fourth-order valence-corrected chi connectivity index (χ4v) is 6.05. The Balaban J connectivity index is 1.30. The van der Waals surface area contributed by atoms with Gasteiger partial charge in [-0.3, -0.25) is 19.5 Å². The molecule has 2 amide bonds. The summed E-state index contributed by atoms with van der Waals surface area (Å²) in [7, 11) is 0. The van der Waals surface area contributed by atoms with Crippen LogP contribution in [0.4, 0.5) is 0 Å². The molecule has 0 saturated carbocycles. The van der Waals surface area contributed by atoms with Crippen molar-refractivity contribution in [3.05, 3.63) is 84.4 Å². The molecule has 4 heterocycles. The van der Waals surface area contributed by atoms with Gasteiger partial charge in [0.15, 0.2) is 5.76 Å². The van der Waals surface area contributed by atoms with Gasteiger partial charge in [-0.25, -0.2) is 4.79 Å². The Morgan fingerprint density at radius 1 is 1.19 bits per heavy atom. The molecular formula is C25H20N4O5S2. The minimum absolute atomic E-state index is 0.152. The lowest BCUT2D eigenvalue weighted by atomic mass is 9.98. The Bertz CT molecular complexity index is 1370. The zero-order valence-corrected chi connectivity index (χ0v) is 20.4. The maximum absolute atomic E-state index is 12.9. The predicted molar refractivity (Wildman–Crippen MR) is 136 cm³/mol. The molecule has 2 N–H and O–H groups in total. The number of hydrogen-bond donors (Lipinski definition) is 2. The fraction of sp³-hybridized carbons (Fsp3) is 0.160. The SMILES string of the molecule is C=C(C1=C(C(=O)O)N2C(=O)[C@@H](NC(=O)CSc3ccccc3)[C@H]2SC1)c1cc(-c2ccccn2)no1. The van der Waals surface area contributed by atoms with Crippen molar-refractivity contribution in [3.8, 4) is 11.4 Å². The lowest BCUT2D eigenvalue weighted by Gasteiger charge is -2.49. The van der Waals surface area contributed by atoms with Gasteiger partial charge in [-0.05, 0) is 24.3 Å². The number of allylic oxidation sites excluding steroid dienone is 1. The standard InChI is InChI=1S/C25H20N4O5S2/c1-14(19-11-18(28-34-19)17-9-5-6-10-26-17)16-12-36-24-21(23(31)29(24)22(16)25(32)33)27-20(30)13-35-15-7-3-2-4-8-15/h2-11,21,24H,1,12-13H2,(H,27,30)(H,32,33)/t21-,24-/m1/s1. The highest BCUT2D eigenvalue weighted by Gasteiger charge is 2.54. The van der Waals surface area contributed by atoms with Gasteiger partial charge >= 0.3 is 5.97 Å². The van der Waals surface area contributed by atoms with E-state index in [4.69, 9.17) is 4.52 Å². The second-order valence-electron chi connectivity index (χ2n) is 7.96. The van der Waals surface area contributed by atoms with Crippen molar-refractivity contribution in [1.29, 1.82) is 0 Å². The number of carbonyl (C=O) groups is 3. The number of benzene rings is 1. The van der Waals surface area contributed by atoms with Gasteiger partial charge in [0.2, 0.25) is 5.91 Å². The Labute approximate surface area is 214 Å². The van der Waals surface area contributed by atoms with E-state index in [2.05, 4.69) is 22.0 Å². The maximum Gasteiger partial charge on any atom is 0.352 e. The first-order valence-electron chi connectivity index (χ1n) is 10.9. The summed E-state index contributed by atoms with van der Waals surface area (Å²) in [6, 6.07) is 15.7. The average Bonchev–Trinajstić information content (AvgIpc) is 3.40. The highest BCUT2D eigenvalue weighted by atomic mass is 32.2. The summed E-state index contributed by atoms with van der Waals surface area (Å²) >= 11 is 2.73. The number of β-lactam (4-membered cyclic amide) rings is 1. The first-order chi connectivity index (χ1) is 17.4. The van der Waals surface area contributed by atoms with Crippen LogP contribution >= 0.6 is 23.5 Å². The van der Waals surface area contributed by atoms with E-state index in [1.165, 1.54) is 28.4 Å². The van der Waals surface area contributed by atoms with Crippen molar-refractivity contribution < 1.29 is 24.0 Å². The van der Waals surface area contributed by atoms with E-state index in [9.17, 15) is 19.5 Å². The molecule has 0 aliphatic carbocycles. The molecule has 2 atom stereocenters. The Morgan fingerprint density at radius 2 is 1.97 bits per heavy atom. The molecule has 0 radical (unpaired) electrons. The fourth-order valence-electron chi connectivity index (χ4n) is 3.93. The summed E-state index contributed by atoms with van der Waals surface area (Å²) in [6.45, 7) is 4.02. The van der Waals surface area contributed by atoms with Crippen molar-refractivity contribution >= 4 is 46.9 Å². The Hall–Kier alpha value is -3.83. The van der Waals surface area contributed by atoms with Gasteiger partial charge in [0.05, 0.1) is 11.4 Å². The number of aromatic nitrogens is 2. The molecule has 9 nitrogen and oxygen atoms in total. The van der Waals surface area contributed by atoms with Crippen LogP contribution in [0.1, 0.15) is 5.76 Å². The number of carbonyl (C=O) groups excluding carboxylic acids is 2. The van der Waals surface area contributed by atoms with Gasteiger partial charge in [-0.2, -0.15) is 0 Å². The molecule has 5 rings (SSSR count). The van der Waals surface area contributed by atoms with Gasteiger partial charge < -0.3 is 14.9 Å². The third-order valence-corrected chi connectivity index (χ3v) is 7.99. The van der Waals surface area contributed by atoms with E-state index >= 15 is 0 Å². The molecule has 182 valence electrons. The number of pyridine rings is 1. The van der Waals surface area contributed by atoms with E-state index in [0.717, 1.165) is 4.90 Å². The number of carboxylic acid groups (broad SMARTS) is 1. The van der Waals surface area contributed by atoms with Crippen LogP contribution in [0.3, 0.4) is 0 Å². The first-order valence-corrected chi connectivity index (χ1v) is 12.9. The molecule has 0 unspecified atom stereocenters. The molecule has 0 spiro atoms. The quantitative estimate of drug-likeness (QED) is 0.340. The number of nitrogens with zero attached hydrogens (tertiary/aromatic N) is 3. The van der Waals surface area contributed by atoms with Gasteiger partial charge in [-0.15, -0.1) is 23.5 Å². The molecule has 36 heavy (non-hydrogen) atoms. The molecule has 3 aromatic rings. The summed E-state index contributed by atoms with van der Waals surface area (Å²) in [5.41, 5.74) is 1.63. The molecule has 2 aromatic heterocycles. The Kier molecular flexibility index (Phi) is 6.66. The minimum atomic E-state index is -1.25. The zero-order chi connectivity index (χ0) is 25.2. The van der Waals surface area contributed by atoms with Crippen LogP contribution in [0.25, 0.3) is 17.0 Å². The summed E-state index contributed by atoms with van der Waals surface area (Å²) in [5, 5.41) is 16.2. The van der Waals surface area contributed by atoms with Crippen LogP contribution in [-0.4, -0.2) is 60.9 Å². The summed E-state index contributed by atoms with van der Waals surface area (Å²) in [4.78, 5) is 44.0. The van der Waals surface area contributed by atoms with Crippen molar-refractivity contribution in [1.82, 2.24) is 20.4 Å². The number of rotatable bonds is 8. The first kappa shape index (κ1) is 23.9. The number of nitrogens with one attached hydrogen (secondary N) is 1. The number of amides is 2. The average molecular weight is 521 g/mol. The third-order valence-electron chi connectivity index (χ3n) is 5.70. The van der Waals surface area contributed by atoms with Crippen LogP contribution in [0.5, 0.6) is 0 Å². The second-order valence-corrected chi connectivity index (χ2v) is 10.1. The number of fused-ring (bicyclic) bond motifs is 1. The minimum Gasteiger partial charge on any atom is -0.477 e. The van der Waals surface area contributed by atoms with Crippen LogP contribution in [0.15, 0.2) is 88.1 Å². The van der Waals surface area contributed by atoms with E-state index in [1.54, 1.807) is 24.4 Å². The topological polar surface area (TPSA) is 126 Å². The number of aliphatic carboxylic acids is 1. The molecule has 0 bridgehead atoms. The molecule has 1 aromatic carbocycles. The van der Waals surface area contributed by atoms with E-state index in [0.29, 0.717) is 28.3 Å². The van der Waals surface area contributed by atoms with Gasteiger partial charge in [0.1, 0.15) is 22.8 Å². The smallest absolute Gasteiger partial charge is 0.352 e. The van der Waals surface area contributed by atoms with Crippen LogP contribution in [-0.2, 0) is 14.4 Å². The largest absolute Gasteiger partial charge is 0.477 e. The van der Waals surface area contributed by atoms with Crippen LogP contribution in [0, 0.1) is 0 Å². The zero-order valence-electron chi connectivity index (χ0n) is 18.8. The summed E-state index contributed by atoms with van der Waals surface area (Å²) in [5.74, 6) is -1.29. The number of carboxylic acids is 1. The molecular weight excluding hydrogens is 500 g/mol. The summed E-state index contributed by atoms with van der Waals surface area (Å²) < 4.78 is 5.42. The van der Waals surface area contributed by atoms with Crippen LogP contribution in [0.2, 0.25) is 0 Å². The number of thioether (sulfide) groups is 2. The lowest BCUT2D eigenvalue weighted by Crippen LogP contribution is -2.70. The predicted octanol–water partition coefficient (Wildman–Crippen LogP) is 3.28. The van der Waals surface area contributed by atoms with Crippen LogP contribution < -0.4 is 5.32 Å². The normalized spacial score (nSPS) is 18.9. The van der Waals surface area contributed by atoms with Gasteiger partial charge in [0, 0.05) is 34.1 Å². The molecule has 1 fully saturated rings. The molecule has 1 saturated heterocycles. The molecule has 11 heteroatoms. The highest BCUT2D eigenvalue weighted by molar-refractivity contribution is 8.00. The third kappa shape index (κ3) is 4.54. The van der Waals surface area contributed by atoms with Crippen molar-refractivity contribution in [3.63, 3.8) is 0 Å². The second kappa shape index (κ2) is 10.0.